The Morgan fingerprint density at radius 2 is 1.88 bits per heavy atom. The maximum Gasteiger partial charge on any atom is 0.223 e. The van der Waals surface area contributed by atoms with Crippen LogP contribution in [0.25, 0.3) is 0 Å². The van der Waals surface area contributed by atoms with E-state index in [4.69, 9.17) is 16.3 Å². The molecule has 2 unspecified atom stereocenters. The predicted molar refractivity (Wildman–Crippen MR) is 100 cm³/mol. The quantitative estimate of drug-likeness (QED) is 0.799. The Labute approximate surface area is 158 Å². The predicted octanol–water partition coefficient (Wildman–Crippen LogP) is 3.87. The first-order chi connectivity index (χ1) is 12.6. The molecule has 0 N–H and O–H groups in total. The van der Waals surface area contributed by atoms with Gasteiger partial charge in [0.2, 0.25) is 5.91 Å². The molecule has 2 fully saturated rings. The molecule has 1 amide bonds. The summed E-state index contributed by atoms with van der Waals surface area (Å²) in [5.41, 5.74) is 1.17. The molecule has 1 aromatic carbocycles. The summed E-state index contributed by atoms with van der Waals surface area (Å²) in [5, 5.41) is 5.04. The van der Waals surface area contributed by atoms with Crippen LogP contribution in [0.1, 0.15) is 43.7 Å². The molecule has 0 radical (unpaired) electrons. The third kappa shape index (κ3) is 3.45. The summed E-state index contributed by atoms with van der Waals surface area (Å²) < 4.78 is 7.16. The minimum atomic E-state index is 0.283. The first-order valence-electron chi connectivity index (χ1n) is 9.28. The van der Waals surface area contributed by atoms with Gasteiger partial charge >= 0.3 is 0 Å². The molecule has 0 aliphatic carbocycles. The van der Waals surface area contributed by atoms with Crippen molar-refractivity contribution in [3.05, 3.63) is 47.2 Å². The third-order valence-corrected chi connectivity index (χ3v) is 5.92. The fraction of sp³-hybridized carbons (Fsp3) is 0.500. The van der Waals surface area contributed by atoms with Gasteiger partial charge < -0.3 is 9.64 Å². The number of amides is 1. The Hall–Kier alpha value is -2.01. The SMILES string of the molecule is COc1ccc(CCC(=O)N2C3CCC2CC(n2cc(Cl)cn2)C3)cc1. The van der Waals surface area contributed by atoms with E-state index >= 15 is 0 Å². The van der Waals surface area contributed by atoms with Crippen molar-refractivity contribution < 1.29 is 9.53 Å². The van der Waals surface area contributed by atoms with E-state index < -0.39 is 0 Å². The van der Waals surface area contributed by atoms with Crippen LogP contribution in [0, 0.1) is 0 Å². The molecule has 5 nitrogen and oxygen atoms in total. The first kappa shape index (κ1) is 17.4. The summed E-state index contributed by atoms with van der Waals surface area (Å²) in [6.07, 6.45) is 9.08. The number of carbonyl (C=O) groups excluding carboxylic acids is 1. The highest BCUT2D eigenvalue weighted by molar-refractivity contribution is 6.30. The van der Waals surface area contributed by atoms with E-state index in [2.05, 4.69) is 10.00 Å². The van der Waals surface area contributed by atoms with Gasteiger partial charge in [0.15, 0.2) is 0 Å². The van der Waals surface area contributed by atoms with Gasteiger partial charge in [-0.25, -0.2) is 0 Å². The van der Waals surface area contributed by atoms with Gasteiger partial charge in [-0.3, -0.25) is 9.48 Å². The molecule has 0 spiro atoms. The zero-order valence-electron chi connectivity index (χ0n) is 15.0. The zero-order valence-corrected chi connectivity index (χ0v) is 15.7. The number of carbonyl (C=O) groups is 1. The summed E-state index contributed by atoms with van der Waals surface area (Å²) in [7, 11) is 1.66. The van der Waals surface area contributed by atoms with Crippen LogP contribution in [0.15, 0.2) is 36.7 Å². The van der Waals surface area contributed by atoms with E-state index in [-0.39, 0.29) is 5.91 Å². The Bertz CT molecular complexity index is 760. The molecule has 138 valence electrons. The first-order valence-corrected chi connectivity index (χ1v) is 9.65. The molecule has 2 aliphatic heterocycles. The molecular weight excluding hydrogens is 350 g/mol. The summed E-state index contributed by atoms with van der Waals surface area (Å²) >= 11 is 6.01. The van der Waals surface area contributed by atoms with Gasteiger partial charge in [0.05, 0.1) is 24.4 Å². The number of rotatable bonds is 5. The number of piperidine rings is 1. The van der Waals surface area contributed by atoms with Crippen molar-refractivity contribution in [1.82, 2.24) is 14.7 Å². The van der Waals surface area contributed by atoms with Crippen LogP contribution >= 0.6 is 11.6 Å². The van der Waals surface area contributed by atoms with E-state index in [0.717, 1.165) is 37.9 Å². The lowest BCUT2D eigenvalue weighted by molar-refractivity contribution is -0.136. The van der Waals surface area contributed by atoms with E-state index in [9.17, 15) is 4.79 Å². The molecule has 0 saturated carbocycles. The highest BCUT2D eigenvalue weighted by Gasteiger charge is 2.43. The van der Waals surface area contributed by atoms with Crippen molar-refractivity contribution in [2.24, 2.45) is 0 Å². The van der Waals surface area contributed by atoms with Gasteiger partial charge in [-0.2, -0.15) is 5.10 Å². The number of hydrogen-bond donors (Lipinski definition) is 0. The number of aryl methyl sites for hydroxylation is 1. The average molecular weight is 374 g/mol. The Morgan fingerprint density at radius 3 is 2.46 bits per heavy atom. The van der Waals surface area contributed by atoms with Crippen molar-refractivity contribution in [3.8, 4) is 5.75 Å². The Morgan fingerprint density at radius 1 is 1.19 bits per heavy atom. The van der Waals surface area contributed by atoms with Crippen molar-refractivity contribution in [2.75, 3.05) is 7.11 Å². The minimum Gasteiger partial charge on any atom is -0.497 e. The lowest BCUT2D eigenvalue weighted by Gasteiger charge is -2.39. The standard InChI is InChI=1S/C20H24ClN3O2/c1-26-19-7-2-14(3-8-19)4-9-20(25)24-16-5-6-17(24)11-18(10-16)23-13-15(21)12-22-23/h2-3,7-8,12-13,16-18H,4-6,9-11H2,1H3. The van der Waals surface area contributed by atoms with Crippen molar-refractivity contribution >= 4 is 17.5 Å². The van der Waals surface area contributed by atoms with Crippen LogP contribution in [-0.2, 0) is 11.2 Å². The van der Waals surface area contributed by atoms with E-state index in [1.807, 2.05) is 35.1 Å². The van der Waals surface area contributed by atoms with Crippen LogP contribution < -0.4 is 4.74 Å². The molecule has 2 bridgehead atoms. The molecule has 2 saturated heterocycles. The van der Waals surface area contributed by atoms with Crippen LogP contribution in [-0.4, -0.2) is 39.8 Å². The maximum atomic E-state index is 12.9. The lowest BCUT2D eigenvalue weighted by atomic mass is 9.96. The number of fused-ring (bicyclic) bond motifs is 2. The third-order valence-electron chi connectivity index (χ3n) is 5.73. The maximum absolute atomic E-state index is 12.9. The second-order valence-electron chi connectivity index (χ2n) is 7.30. The Kier molecular flexibility index (Phi) is 4.90. The van der Waals surface area contributed by atoms with Crippen LogP contribution in [0.5, 0.6) is 5.75 Å². The van der Waals surface area contributed by atoms with E-state index in [1.54, 1.807) is 13.3 Å². The molecular formula is C20H24ClN3O2. The van der Waals surface area contributed by atoms with Crippen LogP contribution in [0.3, 0.4) is 0 Å². The van der Waals surface area contributed by atoms with Gasteiger partial charge in [0, 0.05) is 24.7 Å². The van der Waals surface area contributed by atoms with Crippen molar-refractivity contribution in [1.29, 1.82) is 0 Å². The molecule has 2 aromatic rings. The number of benzene rings is 1. The average Bonchev–Trinajstić information content (AvgIpc) is 3.21. The molecule has 6 heteroatoms. The Balaban J connectivity index is 1.36. The van der Waals surface area contributed by atoms with Crippen LogP contribution in [0.4, 0.5) is 0 Å². The molecule has 2 atom stereocenters. The fourth-order valence-corrected chi connectivity index (χ4v) is 4.60. The lowest BCUT2D eigenvalue weighted by Crippen LogP contribution is -2.47. The number of halogens is 1. The topological polar surface area (TPSA) is 47.4 Å². The second kappa shape index (κ2) is 7.31. The van der Waals surface area contributed by atoms with Crippen LogP contribution in [0.2, 0.25) is 5.02 Å². The second-order valence-corrected chi connectivity index (χ2v) is 7.73. The summed E-state index contributed by atoms with van der Waals surface area (Å²) in [5.74, 6) is 1.13. The van der Waals surface area contributed by atoms with E-state index in [0.29, 0.717) is 29.6 Å². The molecule has 2 aliphatic rings. The fourth-order valence-electron chi connectivity index (χ4n) is 4.46. The molecule has 3 heterocycles. The number of hydrogen-bond acceptors (Lipinski definition) is 3. The number of methoxy groups -OCH3 is 1. The van der Waals surface area contributed by atoms with Gasteiger partial charge in [-0.1, -0.05) is 23.7 Å². The highest BCUT2D eigenvalue weighted by atomic mass is 35.5. The smallest absolute Gasteiger partial charge is 0.223 e. The molecule has 1 aromatic heterocycles. The van der Waals surface area contributed by atoms with Gasteiger partial charge in [-0.05, 0) is 49.8 Å². The normalized spacial score (nSPS) is 24.7. The van der Waals surface area contributed by atoms with E-state index in [1.165, 1.54) is 5.56 Å². The number of nitrogens with zero attached hydrogens (tertiary/aromatic N) is 3. The summed E-state index contributed by atoms with van der Waals surface area (Å²) in [4.78, 5) is 15.0. The number of aromatic nitrogens is 2. The van der Waals surface area contributed by atoms with Crippen molar-refractivity contribution in [2.45, 2.75) is 56.7 Å². The summed E-state index contributed by atoms with van der Waals surface area (Å²) in [6.45, 7) is 0. The van der Waals surface area contributed by atoms with Crippen molar-refractivity contribution in [3.63, 3.8) is 0 Å². The largest absolute Gasteiger partial charge is 0.497 e. The molecule has 4 rings (SSSR count). The summed E-state index contributed by atoms with van der Waals surface area (Å²) in [6, 6.07) is 9.00. The van der Waals surface area contributed by atoms with Gasteiger partial charge in [0.25, 0.3) is 0 Å². The van der Waals surface area contributed by atoms with Gasteiger partial charge in [-0.15, -0.1) is 0 Å². The monoisotopic (exact) mass is 373 g/mol. The molecule has 26 heavy (non-hydrogen) atoms. The highest BCUT2D eigenvalue weighted by Crippen LogP contribution is 2.41. The zero-order chi connectivity index (χ0) is 18.1. The van der Waals surface area contributed by atoms with Gasteiger partial charge in [0.1, 0.15) is 5.75 Å². The number of ether oxygens (including phenoxy) is 1. The minimum absolute atomic E-state index is 0.283.